The second kappa shape index (κ2) is 11.8. The quantitative estimate of drug-likeness (QED) is 0.373. The predicted octanol–water partition coefficient (Wildman–Crippen LogP) is 1.90. The number of hydrogen-bond acceptors (Lipinski definition) is 8. The van der Waals surface area contributed by atoms with E-state index in [1.54, 1.807) is 14.0 Å². The number of rotatable bonds is 9. The van der Waals surface area contributed by atoms with E-state index in [1.165, 1.54) is 47.2 Å². The van der Waals surface area contributed by atoms with Gasteiger partial charge in [-0.05, 0) is 49.4 Å². The molecule has 1 aliphatic heterocycles. The van der Waals surface area contributed by atoms with Crippen molar-refractivity contribution in [2.24, 2.45) is 13.0 Å². The molecular formula is C26H32FN5O7S2. The number of sulfonamides is 2. The van der Waals surface area contributed by atoms with Gasteiger partial charge in [-0.25, -0.2) is 26.2 Å². The molecule has 0 saturated carbocycles. The summed E-state index contributed by atoms with van der Waals surface area (Å²) in [5.74, 6) is -1.33. The summed E-state index contributed by atoms with van der Waals surface area (Å²) in [5, 5.41) is 9.74. The zero-order valence-corrected chi connectivity index (χ0v) is 24.6. The van der Waals surface area contributed by atoms with Gasteiger partial charge >= 0.3 is 0 Å². The number of nitrogens with one attached hydrogen (secondary N) is 1. The number of halogens is 1. The Bertz CT molecular complexity index is 1630. The number of aryl methyl sites for hydroxylation is 1. The molecule has 2 heterocycles. The van der Waals surface area contributed by atoms with Crippen LogP contribution >= 0.6 is 0 Å². The first-order valence-corrected chi connectivity index (χ1v) is 15.6. The molecule has 12 nitrogen and oxygen atoms in total. The third kappa shape index (κ3) is 6.53. The van der Waals surface area contributed by atoms with Gasteiger partial charge in [0.1, 0.15) is 17.7 Å². The van der Waals surface area contributed by atoms with E-state index in [2.05, 4.69) is 9.71 Å². The summed E-state index contributed by atoms with van der Waals surface area (Å²) in [5.41, 5.74) is 0.0818. The summed E-state index contributed by atoms with van der Waals surface area (Å²) in [6.07, 6.45) is 2.05. The van der Waals surface area contributed by atoms with Crippen LogP contribution < -0.4 is 9.46 Å². The van der Waals surface area contributed by atoms with E-state index in [-0.39, 0.29) is 52.5 Å². The molecule has 3 aromatic rings. The molecule has 0 unspecified atom stereocenters. The van der Waals surface area contributed by atoms with E-state index in [0.717, 1.165) is 28.6 Å². The van der Waals surface area contributed by atoms with Crippen LogP contribution in [0.2, 0.25) is 0 Å². The molecule has 0 saturated heterocycles. The number of imidazole rings is 1. The van der Waals surface area contributed by atoms with Gasteiger partial charge in [0.25, 0.3) is 26.0 Å². The number of aliphatic hydroxyl groups excluding tert-OH is 1. The van der Waals surface area contributed by atoms with Crippen LogP contribution in [-0.2, 0) is 27.1 Å². The number of hydrogen-bond donors (Lipinski definition) is 2. The molecule has 2 aromatic carbocycles. The Hall–Kier alpha value is -3.53. The van der Waals surface area contributed by atoms with Crippen LogP contribution in [0, 0.1) is 11.7 Å². The van der Waals surface area contributed by atoms with Gasteiger partial charge in [-0.3, -0.25) is 9.52 Å². The minimum absolute atomic E-state index is 0.0248. The summed E-state index contributed by atoms with van der Waals surface area (Å²) in [7, 11) is -4.98. The molecule has 1 aromatic heterocycles. The monoisotopic (exact) mass is 609 g/mol. The van der Waals surface area contributed by atoms with Crippen LogP contribution in [0.15, 0.2) is 64.9 Å². The number of anilines is 1. The van der Waals surface area contributed by atoms with Crippen molar-refractivity contribution >= 4 is 31.6 Å². The topological polar surface area (TPSA) is 151 Å². The summed E-state index contributed by atoms with van der Waals surface area (Å²) in [4.78, 5) is 18.9. The Morgan fingerprint density at radius 1 is 1.20 bits per heavy atom. The molecular weight excluding hydrogens is 577 g/mol. The molecule has 222 valence electrons. The normalized spacial score (nSPS) is 18.8. The number of amides is 1. The van der Waals surface area contributed by atoms with Gasteiger partial charge < -0.3 is 19.3 Å². The van der Waals surface area contributed by atoms with E-state index in [1.807, 2.05) is 6.92 Å². The maximum Gasteiger partial charge on any atom is 0.261 e. The zero-order valence-electron chi connectivity index (χ0n) is 22.9. The number of nitrogens with zero attached hydrogens (tertiary/aromatic N) is 4. The smallest absolute Gasteiger partial charge is 0.261 e. The highest BCUT2D eigenvalue weighted by molar-refractivity contribution is 7.92. The molecule has 41 heavy (non-hydrogen) atoms. The molecule has 0 bridgehead atoms. The molecule has 0 radical (unpaired) electrons. The van der Waals surface area contributed by atoms with Crippen molar-refractivity contribution in [3.8, 4) is 5.75 Å². The van der Waals surface area contributed by atoms with Crippen molar-refractivity contribution in [3.05, 3.63) is 66.4 Å². The Balaban J connectivity index is 1.68. The number of aliphatic hydroxyl groups is 1. The zero-order chi connectivity index (χ0) is 30.1. The highest BCUT2D eigenvalue weighted by Crippen LogP contribution is 2.32. The Kier molecular flexibility index (Phi) is 8.73. The molecule has 1 amide bonds. The first-order chi connectivity index (χ1) is 19.2. The number of carbonyl (C=O) groups is 1. The van der Waals surface area contributed by atoms with Crippen molar-refractivity contribution in [1.29, 1.82) is 0 Å². The van der Waals surface area contributed by atoms with Crippen LogP contribution in [0.3, 0.4) is 0 Å². The summed E-state index contributed by atoms with van der Waals surface area (Å²) in [6.45, 7) is 3.21. The van der Waals surface area contributed by atoms with Crippen LogP contribution in [0.4, 0.5) is 10.1 Å². The van der Waals surface area contributed by atoms with Crippen molar-refractivity contribution in [2.45, 2.75) is 35.9 Å². The van der Waals surface area contributed by atoms with Crippen LogP contribution in [-0.4, -0.2) is 85.5 Å². The third-order valence-electron chi connectivity index (χ3n) is 6.83. The SMILES string of the molecule is C[C@@H]1CN([C@@H](C)CO)C(=O)c2cc(NS(=O)(=O)c3ccc(F)cc3)ccc2O[C@@H]1CN(C)S(=O)(=O)c1cn(C)cn1. The molecule has 0 fully saturated rings. The van der Waals surface area contributed by atoms with Crippen molar-refractivity contribution < 1.29 is 35.9 Å². The number of ether oxygens (including phenoxy) is 1. The fraction of sp³-hybridized carbons (Fsp3) is 0.385. The second-order valence-electron chi connectivity index (χ2n) is 10.1. The van der Waals surface area contributed by atoms with Crippen LogP contribution in [0.1, 0.15) is 24.2 Å². The van der Waals surface area contributed by atoms with E-state index in [4.69, 9.17) is 4.74 Å². The predicted molar refractivity (Wildman–Crippen MR) is 148 cm³/mol. The Morgan fingerprint density at radius 2 is 1.88 bits per heavy atom. The van der Waals surface area contributed by atoms with Gasteiger partial charge in [0.2, 0.25) is 0 Å². The standard InChI is InChI=1S/C26H32FN5O7S2/c1-17-12-32(18(2)15-33)26(34)22-11-20(29-40(35,36)21-8-5-19(27)6-9-21)7-10-23(22)39-24(17)13-31(4)41(37,38)25-14-30(3)16-28-25/h5-11,14,16-18,24,29,33H,12-13,15H2,1-4H3/t17-,18+,24-/m1/s1. The fourth-order valence-corrected chi connectivity index (χ4v) is 6.56. The largest absolute Gasteiger partial charge is 0.488 e. The average Bonchev–Trinajstić information content (AvgIpc) is 3.37. The number of fused-ring (bicyclic) bond motifs is 1. The molecule has 4 rings (SSSR count). The summed E-state index contributed by atoms with van der Waals surface area (Å²) < 4.78 is 76.5. The lowest BCUT2D eigenvalue weighted by Crippen LogP contribution is -2.50. The fourth-order valence-electron chi connectivity index (χ4n) is 4.37. The molecule has 15 heteroatoms. The van der Waals surface area contributed by atoms with E-state index < -0.39 is 43.9 Å². The second-order valence-corrected chi connectivity index (χ2v) is 13.7. The Labute approximate surface area is 238 Å². The molecule has 1 aliphatic rings. The molecule has 3 atom stereocenters. The van der Waals surface area contributed by atoms with E-state index in [9.17, 15) is 31.1 Å². The van der Waals surface area contributed by atoms with Crippen molar-refractivity contribution in [3.63, 3.8) is 0 Å². The maximum atomic E-state index is 13.6. The molecule has 0 aliphatic carbocycles. The van der Waals surface area contributed by atoms with Gasteiger partial charge in [-0.2, -0.15) is 4.31 Å². The van der Waals surface area contributed by atoms with Crippen LogP contribution in [0.5, 0.6) is 5.75 Å². The summed E-state index contributed by atoms with van der Waals surface area (Å²) >= 11 is 0. The number of likely N-dealkylation sites (N-methyl/N-ethyl adjacent to an activating group) is 1. The van der Waals surface area contributed by atoms with Gasteiger partial charge in [0.05, 0.1) is 36.0 Å². The minimum Gasteiger partial charge on any atom is -0.488 e. The van der Waals surface area contributed by atoms with Gasteiger partial charge in [0, 0.05) is 38.4 Å². The summed E-state index contributed by atoms with van der Waals surface area (Å²) in [6, 6.07) is 7.83. The average molecular weight is 610 g/mol. The minimum atomic E-state index is -4.10. The highest BCUT2D eigenvalue weighted by Gasteiger charge is 2.36. The van der Waals surface area contributed by atoms with E-state index in [0.29, 0.717) is 0 Å². The molecule has 2 N–H and O–H groups in total. The Morgan fingerprint density at radius 3 is 2.49 bits per heavy atom. The maximum absolute atomic E-state index is 13.6. The highest BCUT2D eigenvalue weighted by atomic mass is 32.2. The van der Waals surface area contributed by atoms with Crippen molar-refractivity contribution in [1.82, 2.24) is 18.8 Å². The van der Waals surface area contributed by atoms with Gasteiger partial charge in [0.15, 0.2) is 5.03 Å². The number of carbonyl (C=O) groups excluding carboxylic acids is 1. The lowest BCUT2D eigenvalue weighted by atomic mass is 9.99. The number of benzene rings is 2. The van der Waals surface area contributed by atoms with Crippen molar-refractivity contribution in [2.75, 3.05) is 31.5 Å². The van der Waals surface area contributed by atoms with Gasteiger partial charge in [-0.15, -0.1) is 0 Å². The van der Waals surface area contributed by atoms with Gasteiger partial charge in [-0.1, -0.05) is 6.92 Å². The molecule has 0 spiro atoms. The lowest BCUT2D eigenvalue weighted by molar-refractivity contribution is 0.0387. The third-order valence-corrected chi connectivity index (χ3v) is 9.94. The first-order valence-electron chi connectivity index (χ1n) is 12.7. The van der Waals surface area contributed by atoms with Crippen LogP contribution in [0.25, 0.3) is 0 Å². The lowest BCUT2D eigenvalue weighted by Gasteiger charge is -2.38. The van der Waals surface area contributed by atoms with E-state index >= 15 is 0 Å². The number of aromatic nitrogens is 2. The first kappa shape index (κ1) is 30.4.